The molecule has 0 atom stereocenters. The fraction of sp³-hybridized carbons (Fsp3) is 0.400. The molecular weight excluding hydrogens is 400 g/mol. The molecule has 2 fully saturated rings. The van der Waals surface area contributed by atoms with Crippen LogP contribution in [0, 0.1) is 0 Å². The van der Waals surface area contributed by atoms with Gasteiger partial charge in [-0.2, -0.15) is 0 Å². The largest absolute Gasteiger partial charge is 0.379 e. The number of anilines is 1. The van der Waals surface area contributed by atoms with Gasteiger partial charge in [0.15, 0.2) is 0 Å². The standard InChI is InChI=1S/C25H28N6O/c1-2-18-14-17(3-8-22(18)26-9-1)21-15-27-24-23(21)25(29-16-28-24)30-19-4-6-20(7-5-19)31-10-12-32-13-11-31/h1-3,8-9,14-16,19-20H,4-7,10-13H2,(H2,27,28,29,30)/t19-,20-. The van der Waals surface area contributed by atoms with E-state index in [4.69, 9.17) is 4.74 Å². The maximum Gasteiger partial charge on any atom is 0.143 e. The Morgan fingerprint density at radius 2 is 1.88 bits per heavy atom. The molecule has 1 aliphatic heterocycles. The van der Waals surface area contributed by atoms with Gasteiger partial charge in [-0.25, -0.2) is 9.97 Å². The number of hydrogen-bond donors (Lipinski definition) is 2. The van der Waals surface area contributed by atoms with Crippen LogP contribution in [0.1, 0.15) is 25.7 Å². The van der Waals surface area contributed by atoms with Crippen LogP contribution in [0.15, 0.2) is 49.1 Å². The summed E-state index contributed by atoms with van der Waals surface area (Å²) in [6, 6.07) is 11.6. The third-order valence-electron chi connectivity index (χ3n) is 6.98. The molecular formula is C25H28N6O. The monoisotopic (exact) mass is 428 g/mol. The lowest BCUT2D eigenvalue weighted by atomic mass is 9.90. The van der Waals surface area contributed by atoms with Gasteiger partial charge in [-0.3, -0.25) is 9.88 Å². The number of benzene rings is 1. The third-order valence-corrected chi connectivity index (χ3v) is 6.98. The number of nitrogens with one attached hydrogen (secondary N) is 2. The zero-order chi connectivity index (χ0) is 21.3. The predicted octanol–water partition coefficient (Wildman–Crippen LogP) is 4.23. The van der Waals surface area contributed by atoms with E-state index in [0.717, 1.165) is 78.0 Å². The Morgan fingerprint density at radius 3 is 2.75 bits per heavy atom. The van der Waals surface area contributed by atoms with Gasteiger partial charge in [0, 0.05) is 48.5 Å². The van der Waals surface area contributed by atoms with Crippen LogP contribution in [0.4, 0.5) is 5.82 Å². The minimum atomic E-state index is 0.439. The lowest BCUT2D eigenvalue weighted by Crippen LogP contribution is -2.46. The summed E-state index contributed by atoms with van der Waals surface area (Å²) in [6.45, 7) is 3.89. The molecule has 0 radical (unpaired) electrons. The number of pyridine rings is 1. The molecule has 1 aliphatic carbocycles. The molecule has 4 aromatic rings. The van der Waals surface area contributed by atoms with Crippen LogP contribution in [0.3, 0.4) is 0 Å². The van der Waals surface area contributed by atoms with Gasteiger partial charge in [0.2, 0.25) is 0 Å². The van der Waals surface area contributed by atoms with Crippen molar-refractivity contribution in [2.45, 2.75) is 37.8 Å². The summed E-state index contributed by atoms with van der Waals surface area (Å²) >= 11 is 0. The number of aromatic nitrogens is 4. The fourth-order valence-electron chi connectivity index (χ4n) is 5.26. The highest BCUT2D eigenvalue weighted by molar-refractivity contribution is 6.02. The van der Waals surface area contributed by atoms with E-state index in [2.05, 4.69) is 54.4 Å². The molecule has 32 heavy (non-hydrogen) atoms. The van der Waals surface area contributed by atoms with E-state index < -0.39 is 0 Å². The maximum atomic E-state index is 5.52. The molecule has 4 heterocycles. The first kappa shape index (κ1) is 19.6. The van der Waals surface area contributed by atoms with Gasteiger partial charge >= 0.3 is 0 Å². The summed E-state index contributed by atoms with van der Waals surface area (Å²) in [4.78, 5) is 19.5. The molecule has 1 saturated carbocycles. The molecule has 1 aromatic carbocycles. The van der Waals surface area contributed by atoms with Crippen molar-refractivity contribution in [1.29, 1.82) is 0 Å². The van der Waals surface area contributed by atoms with Crippen molar-refractivity contribution in [3.8, 4) is 11.1 Å². The Kier molecular flexibility index (Phi) is 5.21. The summed E-state index contributed by atoms with van der Waals surface area (Å²) in [5.74, 6) is 0.923. The summed E-state index contributed by atoms with van der Waals surface area (Å²) in [5.41, 5.74) is 4.13. The molecule has 0 spiro atoms. The van der Waals surface area contributed by atoms with Crippen molar-refractivity contribution in [1.82, 2.24) is 24.8 Å². The fourth-order valence-corrected chi connectivity index (χ4v) is 5.26. The highest BCUT2D eigenvalue weighted by atomic mass is 16.5. The minimum absolute atomic E-state index is 0.439. The average molecular weight is 429 g/mol. The Hall–Kier alpha value is -3.03. The molecule has 0 bridgehead atoms. The number of morpholine rings is 1. The van der Waals surface area contributed by atoms with E-state index in [9.17, 15) is 0 Å². The maximum absolute atomic E-state index is 5.52. The second-order valence-electron chi connectivity index (χ2n) is 8.86. The number of nitrogens with zero attached hydrogens (tertiary/aromatic N) is 4. The van der Waals surface area contributed by atoms with E-state index in [1.54, 1.807) is 6.33 Å². The van der Waals surface area contributed by atoms with Gasteiger partial charge < -0.3 is 15.0 Å². The quantitative estimate of drug-likeness (QED) is 0.506. The second-order valence-corrected chi connectivity index (χ2v) is 8.86. The van der Waals surface area contributed by atoms with Crippen LogP contribution < -0.4 is 5.32 Å². The molecule has 7 nitrogen and oxygen atoms in total. The molecule has 0 amide bonds. The van der Waals surface area contributed by atoms with Crippen molar-refractivity contribution in [3.05, 3.63) is 49.1 Å². The lowest BCUT2D eigenvalue weighted by Gasteiger charge is -2.39. The lowest BCUT2D eigenvalue weighted by molar-refractivity contribution is 0.00791. The van der Waals surface area contributed by atoms with Gasteiger partial charge in [-0.05, 0) is 49.4 Å². The molecule has 2 aliphatic rings. The predicted molar refractivity (Wildman–Crippen MR) is 127 cm³/mol. The molecule has 2 N–H and O–H groups in total. The van der Waals surface area contributed by atoms with E-state index in [0.29, 0.717) is 12.1 Å². The zero-order valence-electron chi connectivity index (χ0n) is 18.1. The van der Waals surface area contributed by atoms with Crippen LogP contribution in [-0.2, 0) is 4.74 Å². The van der Waals surface area contributed by atoms with Gasteiger partial charge in [0.25, 0.3) is 0 Å². The Bertz CT molecular complexity index is 1220. The average Bonchev–Trinajstić information content (AvgIpc) is 3.30. The molecule has 0 unspecified atom stereocenters. The number of fused-ring (bicyclic) bond motifs is 2. The van der Waals surface area contributed by atoms with Crippen molar-refractivity contribution in [2.75, 3.05) is 31.6 Å². The summed E-state index contributed by atoms with van der Waals surface area (Å²) in [5, 5.41) is 5.95. The van der Waals surface area contributed by atoms with Gasteiger partial charge in [0.05, 0.1) is 24.1 Å². The first-order valence-electron chi connectivity index (χ1n) is 11.6. The summed E-state index contributed by atoms with van der Waals surface area (Å²) in [6.07, 6.45) is 10.3. The summed E-state index contributed by atoms with van der Waals surface area (Å²) in [7, 11) is 0. The number of rotatable bonds is 4. The van der Waals surface area contributed by atoms with Crippen LogP contribution in [-0.4, -0.2) is 63.2 Å². The van der Waals surface area contributed by atoms with Crippen LogP contribution in [0.5, 0.6) is 0 Å². The van der Waals surface area contributed by atoms with E-state index in [-0.39, 0.29) is 0 Å². The van der Waals surface area contributed by atoms with Crippen molar-refractivity contribution >= 4 is 27.8 Å². The number of H-pyrrole nitrogens is 1. The topological polar surface area (TPSA) is 79.0 Å². The summed E-state index contributed by atoms with van der Waals surface area (Å²) < 4.78 is 5.52. The van der Waals surface area contributed by atoms with E-state index in [1.807, 2.05) is 18.5 Å². The normalized spacial score (nSPS) is 22.4. The molecule has 7 heteroatoms. The Morgan fingerprint density at radius 1 is 1.00 bits per heavy atom. The number of ether oxygens (including phenoxy) is 1. The smallest absolute Gasteiger partial charge is 0.143 e. The van der Waals surface area contributed by atoms with E-state index >= 15 is 0 Å². The number of aromatic amines is 1. The highest BCUT2D eigenvalue weighted by Crippen LogP contribution is 2.34. The van der Waals surface area contributed by atoms with Gasteiger partial charge in [-0.15, -0.1) is 0 Å². The van der Waals surface area contributed by atoms with Crippen LogP contribution >= 0.6 is 0 Å². The van der Waals surface area contributed by atoms with E-state index in [1.165, 1.54) is 12.8 Å². The van der Waals surface area contributed by atoms with Crippen LogP contribution in [0.25, 0.3) is 33.1 Å². The van der Waals surface area contributed by atoms with Gasteiger partial charge in [0.1, 0.15) is 17.8 Å². The van der Waals surface area contributed by atoms with Crippen LogP contribution in [0.2, 0.25) is 0 Å². The van der Waals surface area contributed by atoms with Gasteiger partial charge in [-0.1, -0.05) is 12.1 Å². The minimum Gasteiger partial charge on any atom is -0.379 e. The van der Waals surface area contributed by atoms with Crippen molar-refractivity contribution in [3.63, 3.8) is 0 Å². The Balaban J connectivity index is 1.25. The first-order chi connectivity index (χ1) is 15.8. The van der Waals surface area contributed by atoms with Crippen molar-refractivity contribution < 1.29 is 4.74 Å². The highest BCUT2D eigenvalue weighted by Gasteiger charge is 2.27. The second kappa shape index (κ2) is 8.48. The van der Waals surface area contributed by atoms with Crippen molar-refractivity contribution in [2.24, 2.45) is 0 Å². The Labute approximate surface area is 187 Å². The molecule has 6 rings (SSSR count). The molecule has 3 aromatic heterocycles. The third kappa shape index (κ3) is 3.72. The number of hydrogen-bond acceptors (Lipinski definition) is 6. The molecule has 164 valence electrons. The zero-order valence-corrected chi connectivity index (χ0v) is 18.1. The SMILES string of the molecule is c1cnc2ccc(-c3c[nH]c4ncnc(N[C@H]5CC[C@H](N6CCOCC6)CC5)c34)cc2c1. The first-order valence-corrected chi connectivity index (χ1v) is 11.6. The molecule has 1 saturated heterocycles.